The molecular weight excluding hydrogens is 689 g/mol. The van der Waals surface area contributed by atoms with E-state index in [0.29, 0.717) is 49.3 Å². The van der Waals surface area contributed by atoms with Crippen molar-refractivity contribution < 1.29 is 14.3 Å². The van der Waals surface area contributed by atoms with E-state index in [2.05, 4.69) is 81.5 Å². The molecule has 3 aliphatic heterocycles. The van der Waals surface area contributed by atoms with E-state index in [-0.39, 0.29) is 17.9 Å². The average Bonchev–Trinajstić information content (AvgIpc) is 3.96. The number of amides is 2. The highest BCUT2D eigenvalue weighted by atomic mass is 16.5. The number of aryl methyl sites for hydroxylation is 3. The van der Waals surface area contributed by atoms with Gasteiger partial charge in [-0.25, -0.2) is 9.67 Å². The number of piperazine rings is 1. The third kappa shape index (κ3) is 8.15. The predicted octanol–water partition coefficient (Wildman–Crippen LogP) is 5.99. The quantitative estimate of drug-likeness (QED) is 0.116. The summed E-state index contributed by atoms with van der Waals surface area (Å²) in [6.07, 6.45) is 5.64. The minimum atomic E-state index is -0.245. The lowest BCUT2D eigenvalue weighted by Gasteiger charge is -2.27. The van der Waals surface area contributed by atoms with E-state index in [9.17, 15) is 9.59 Å². The summed E-state index contributed by atoms with van der Waals surface area (Å²) in [6.45, 7) is 12.0. The first-order chi connectivity index (χ1) is 26.8. The van der Waals surface area contributed by atoms with E-state index in [1.807, 2.05) is 42.1 Å². The zero-order valence-electron chi connectivity index (χ0n) is 32.2. The molecule has 5 aromatic rings. The topological polar surface area (TPSA) is 125 Å². The number of likely N-dealkylation sites (tertiary alicyclic amines) is 1. The van der Waals surface area contributed by atoms with Crippen LogP contribution in [0.1, 0.15) is 81.8 Å². The van der Waals surface area contributed by atoms with Crippen LogP contribution < -0.4 is 21.3 Å². The lowest BCUT2D eigenvalue weighted by atomic mass is 10.0. The van der Waals surface area contributed by atoms with Crippen molar-refractivity contribution >= 4 is 28.5 Å². The number of rotatable bonds is 13. The molecule has 3 saturated heterocycles. The number of carbonyl (C=O) groups excluding carboxylic acids is 2. The number of aromatic nitrogens is 3. The highest BCUT2D eigenvalue weighted by molar-refractivity contribution is 6.00. The van der Waals surface area contributed by atoms with Gasteiger partial charge in [0.05, 0.1) is 17.3 Å². The molecule has 11 heteroatoms. The number of fused-ring (bicyclic) bond motifs is 3. The van der Waals surface area contributed by atoms with Crippen LogP contribution in [0.15, 0.2) is 72.9 Å². The van der Waals surface area contributed by atoms with Crippen LogP contribution in [-0.4, -0.2) is 75.9 Å². The Bertz CT molecular complexity index is 2190. The second-order valence-corrected chi connectivity index (χ2v) is 15.3. The van der Waals surface area contributed by atoms with Gasteiger partial charge in [0.15, 0.2) is 5.65 Å². The summed E-state index contributed by atoms with van der Waals surface area (Å²) >= 11 is 0. The van der Waals surface area contributed by atoms with Crippen molar-refractivity contribution in [3.05, 3.63) is 112 Å². The summed E-state index contributed by atoms with van der Waals surface area (Å²) in [5, 5.41) is 19.2. The Kier molecular flexibility index (Phi) is 10.9. The van der Waals surface area contributed by atoms with Crippen LogP contribution in [-0.2, 0) is 37.3 Å². The maximum absolute atomic E-state index is 13.7. The molecule has 0 radical (unpaired) electrons. The first-order valence-corrected chi connectivity index (χ1v) is 19.9. The monoisotopic (exact) mass is 740 g/mol. The van der Waals surface area contributed by atoms with Gasteiger partial charge in [-0.2, -0.15) is 5.10 Å². The summed E-state index contributed by atoms with van der Waals surface area (Å²) in [6, 6.07) is 24.0. The lowest BCUT2D eigenvalue weighted by molar-refractivity contribution is 0.0904. The molecule has 55 heavy (non-hydrogen) atoms. The Morgan fingerprint density at radius 1 is 0.909 bits per heavy atom. The van der Waals surface area contributed by atoms with Crippen LogP contribution in [0, 0.1) is 6.92 Å². The van der Waals surface area contributed by atoms with E-state index in [1.54, 1.807) is 6.07 Å². The molecule has 1 unspecified atom stereocenters. The number of hydrogen-bond acceptors (Lipinski definition) is 8. The van der Waals surface area contributed by atoms with Crippen molar-refractivity contribution in [1.82, 2.24) is 35.6 Å². The largest absolute Gasteiger partial charge is 0.381 e. The van der Waals surface area contributed by atoms with Gasteiger partial charge in [0, 0.05) is 93.0 Å². The minimum absolute atomic E-state index is 0.224. The highest BCUT2D eigenvalue weighted by Gasteiger charge is 2.37. The van der Waals surface area contributed by atoms with E-state index in [4.69, 9.17) is 9.72 Å². The van der Waals surface area contributed by atoms with Gasteiger partial charge in [-0.1, -0.05) is 43.3 Å². The van der Waals surface area contributed by atoms with Crippen molar-refractivity contribution in [2.75, 3.05) is 31.6 Å². The predicted molar refractivity (Wildman–Crippen MR) is 216 cm³/mol. The summed E-state index contributed by atoms with van der Waals surface area (Å²) in [4.78, 5) is 34.9. The molecule has 286 valence electrons. The van der Waals surface area contributed by atoms with Gasteiger partial charge in [0.2, 0.25) is 0 Å². The Hall–Kier alpha value is -5.10. The second kappa shape index (κ2) is 16.3. The van der Waals surface area contributed by atoms with Gasteiger partial charge < -0.3 is 26.0 Å². The standard InChI is InChI=1S/C44H52N8O3/c1-4-40-38(41(49-35-12-14-55-15-13-35)39-25-48-52(5-2)42(39)50-40)24-47-44(54)34-17-28(3)16-33(20-34)43(53)46-22-29-8-6-10-31(18-29)32-11-7-9-30(19-32)26-51-27-36-21-37(51)23-45-36/h6-11,16-20,25,35-37,45H,4-5,12-15,21-24,26-27H2,1-3H3,(H,46,53)(H,47,54)(H,49,50)/t36-,37?/m0/s1. The number of pyridine rings is 1. The number of anilines is 1. The molecule has 3 aliphatic rings. The van der Waals surface area contributed by atoms with Crippen LogP contribution in [0.4, 0.5) is 5.69 Å². The molecule has 4 N–H and O–H groups in total. The summed E-state index contributed by atoms with van der Waals surface area (Å²) in [7, 11) is 0. The van der Waals surface area contributed by atoms with E-state index < -0.39 is 0 Å². The smallest absolute Gasteiger partial charge is 0.251 e. The van der Waals surface area contributed by atoms with Crippen LogP contribution in [0.25, 0.3) is 22.2 Å². The van der Waals surface area contributed by atoms with Crippen LogP contribution in [0.3, 0.4) is 0 Å². The van der Waals surface area contributed by atoms with Crippen molar-refractivity contribution in [2.45, 2.75) is 90.8 Å². The Morgan fingerprint density at radius 3 is 2.29 bits per heavy atom. The maximum Gasteiger partial charge on any atom is 0.251 e. The number of benzene rings is 3. The lowest BCUT2D eigenvalue weighted by Crippen LogP contribution is -2.42. The number of hydrogen-bond donors (Lipinski definition) is 4. The molecule has 3 fully saturated rings. The molecule has 2 aromatic heterocycles. The molecule has 2 atom stereocenters. The van der Waals surface area contributed by atoms with Crippen molar-refractivity contribution in [1.29, 1.82) is 0 Å². The summed E-state index contributed by atoms with van der Waals surface area (Å²) in [5.74, 6) is -0.469. The molecule has 2 bridgehead atoms. The van der Waals surface area contributed by atoms with Gasteiger partial charge in [-0.05, 0) is 97.7 Å². The first kappa shape index (κ1) is 36.9. The van der Waals surface area contributed by atoms with Gasteiger partial charge in [-0.15, -0.1) is 0 Å². The van der Waals surface area contributed by atoms with Gasteiger partial charge >= 0.3 is 0 Å². The highest BCUT2D eigenvalue weighted by Crippen LogP contribution is 2.32. The Labute approximate surface area is 323 Å². The summed E-state index contributed by atoms with van der Waals surface area (Å²) in [5.41, 5.74) is 10.1. The molecular formula is C44H52N8O3. The average molecular weight is 741 g/mol. The number of nitrogens with one attached hydrogen (secondary N) is 4. The molecule has 0 aliphatic carbocycles. The third-order valence-corrected chi connectivity index (χ3v) is 11.4. The zero-order chi connectivity index (χ0) is 37.9. The molecule has 5 heterocycles. The molecule has 11 nitrogen and oxygen atoms in total. The van der Waals surface area contributed by atoms with Crippen LogP contribution in [0.2, 0.25) is 0 Å². The normalized spacial score (nSPS) is 18.5. The van der Waals surface area contributed by atoms with E-state index in [0.717, 1.165) is 90.4 Å². The third-order valence-electron chi connectivity index (χ3n) is 11.4. The fourth-order valence-corrected chi connectivity index (χ4v) is 8.49. The number of ether oxygens (including phenoxy) is 1. The van der Waals surface area contributed by atoms with E-state index in [1.165, 1.54) is 17.5 Å². The van der Waals surface area contributed by atoms with E-state index >= 15 is 0 Å². The van der Waals surface area contributed by atoms with Gasteiger partial charge in [0.1, 0.15) is 0 Å². The van der Waals surface area contributed by atoms with Gasteiger partial charge in [-0.3, -0.25) is 14.5 Å². The molecule has 0 saturated carbocycles. The second-order valence-electron chi connectivity index (χ2n) is 15.3. The molecule has 2 amide bonds. The van der Waals surface area contributed by atoms with Gasteiger partial charge in [0.25, 0.3) is 11.8 Å². The van der Waals surface area contributed by atoms with Crippen LogP contribution >= 0.6 is 0 Å². The number of carbonyl (C=O) groups is 2. The molecule has 8 rings (SSSR count). The van der Waals surface area contributed by atoms with Crippen molar-refractivity contribution in [2.24, 2.45) is 0 Å². The zero-order valence-corrected chi connectivity index (χ0v) is 32.2. The molecule has 0 spiro atoms. The Balaban J connectivity index is 0.939. The fourth-order valence-electron chi connectivity index (χ4n) is 8.49. The fraction of sp³-hybridized carbons (Fsp3) is 0.409. The maximum atomic E-state index is 13.7. The SMILES string of the molecule is CCc1nc2c(cnn2CC)c(NC2CCOCC2)c1CNC(=O)c1cc(C)cc(C(=O)NCc2cccc(-c3cccc(CN4C[C@@H]5CC4CN5)c3)c2)c1. The van der Waals surface area contributed by atoms with Crippen molar-refractivity contribution in [3.8, 4) is 11.1 Å². The van der Waals surface area contributed by atoms with Crippen molar-refractivity contribution in [3.63, 3.8) is 0 Å². The van der Waals surface area contributed by atoms with Crippen LogP contribution in [0.5, 0.6) is 0 Å². The number of nitrogens with zero attached hydrogens (tertiary/aromatic N) is 4. The Morgan fingerprint density at radius 2 is 1.62 bits per heavy atom. The molecule has 3 aromatic carbocycles. The minimum Gasteiger partial charge on any atom is -0.381 e. The first-order valence-electron chi connectivity index (χ1n) is 19.9. The summed E-state index contributed by atoms with van der Waals surface area (Å²) < 4.78 is 7.53.